The smallest absolute Gasteiger partial charge is 0.0495 e. The number of anilines is 1. The SMILES string of the molecule is Cc1ccc(NC(C)(CN)C2CC2)cc1. The summed E-state index contributed by atoms with van der Waals surface area (Å²) in [5.41, 5.74) is 8.42. The maximum Gasteiger partial charge on any atom is 0.0495 e. The van der Waals surface area contributed by atoms with Gasteiger partial charge in [-0.2, -0.15) is 0 Å². The van der Waals surface area contributed by atoms with E-state index in [1.54, 1.807) is 0 Å². The molecule has 1 aromatic rings. The molecule has 0 amide bonds. The van der Waals surface area contributed by atoms with Crippen LogP contribution >= 0.6 is 0 Å². The predicted molar refractivity (Wildman–Crippen MR) is 65.0 cm³/mol. The van der Waals surface area contributed by atoms with Crippen LogP contribution in [0.25, 0.3) is 0 Å². The van der Waals surface area contributed by atoms with Crippen molar-refractivity contribution in [3.63, 3.8) is 0 Å². The minimum Gasteiger partial charge on any atom is -0.378 e. The van der Waals surface area contributed by atoms with Crippen LogP contribution in [-0.4, -0.2) is 12.1 Å². The van der Waals surface area contributed by atoms with Crippen LogP contribution in [0, 0.1) is 12.8 Å². The highest BCUT2D eigenvalue weighted by Gasteiger charge is 2.40. The lowest BCUT2D eigenvalue weighted by Crippen LogP contribution is -2.44. The van der Waals surface area contributed by atoms with E-state index >= 15 is 0 Å². The van der Waals surface area contributed by atoms with Gasteiger partial charge in [-0.05, 0) is 44.7 Å². The van der Waals surface area contributed by atoms with E-state index in [4.69, 9.17) is 5.73 Å². The van der Waals surface area contributed by atoms with E-state index in [1.165, 1.54) is 24.1 Å². The summed E-state index contributed by atoms with van der Waals surface area (Å²) in [6, 6.07) is 8.52. The number of aryl methyl sites for hydroxylation is 1. The van der Waals surface area contributed by atoms with Gasteiger partial charge in [0.1, 0.15) is 0 Å². The Kier molecular flexibility index (Phi) is 2.70. The summed E-state index contributed by atoms with van der Waals surface area (Å²) in [5.74, 6) is 0.754. The molecule has 1 aliphatic rings. The lowest BCUT2D eigenvalue weighted by Gasteiger charge is -2.30. The molecule has 2 heteroatoms. The lowest BCUT2D eigenvalue weighted by molar-refractivity contribution is 0.459. The molecule has 1 aliphatic carbocycles. The van der Waals surface area contributed by atoms with Gasteiger partial charge < -0.3 is 11.1 Å². The normalized spacial score (nSPS) is 19.7. The van der Waals surface area contributed by atoms with E-state index in [9.17, 15) is 0 Å². The van der Waals surface area contributed by atoms with Gasteiger partial charge in [-0.15, -0.1) is 0 Å². The molecule has 3 N–H and O–H groups in total. The summed E-state index contributed by atoms with van der Waals surface area (Å²) in [6.45, 7) is 5.03. The first-order valence-electron chi connectivity index (χ1n) is 5.69. The van der Waals surface area contributed by atoms with Crippen LogP contribution in [0.3, 0.4) is 0 Å². The van der Waals surface area contributed by atoms with Crippen LogP contribution in [-0.2, 0) is 0 Å². The molecular weight excluding hydrogens is 184 g/mol. The van der Waals surface area contributed by atoms with Crippen molar-refractivity contribution in [2.45, 2.75) is 32.2 Å². The zero-order valence-electron chi connectivity index (χ0n) is 9.59. The molecule has 1 atom stereocenters. The molecule has 2 nitrogen and oxygen atoms in total. The Morgan fingerprint density at radius 3 is 2.40 bits per heavy atom. The van der Waals surface area contributed by atoms with Crippen LogP contribution in [0.1, 0.15) is 25.3 Å². The van der Waals surface area contributed by atoms with Crippen LogP contribution in [0.4, 0.5) is 5.69 Å². The first-order valence-corrected chi connectivity index (χ1v) is 5.69. The van der Waals surface area contributed by atoms with Crippen LogP contribution < -0.4 is 11.1 Å². The Morgan fingerprint density at radius 1 is 1.33 bits per heavy atom. The molecule has 1 fully saturated rings. The van der Waals surface area contributed by atoms with Crippen molar-refractivity contribution >= 4 is 5.69 Å². The quantitative estimate of drug-likeness (QED) is 0.791. The van der Waals surface area contributed by atoms with Gasteiger partial charge in [0.25, 0.3) is 0 Å². The van der Waals surface area contributed by atoms with Gasteiger partial charge in [0.2, 0.25) is 0 Å². The first-order chi connectivity index (χ1) is 7.14. The van der Waals surface area contributed by atoms with Gasteiger partial charge in [0.15, 0.2) is 0 Å². The zero-order valence-corrected chi connectivity index (χ0v) is 9.59. The second kappa shape index (κ2) is 3.86. The highest BCUT2D eigenvalue weighted by atomic mass is 15.0. The molecule has 0 radical (unpaired) electrons. The Labute approximate surface area is 91.9 Å². The number of hydrogen-bond acceptors (Lipinski definition) is 2. The second-order valence-electron chi connectivity index (χ2n) is 4.89. The van der Waals surface area contributed by atoms with Gasteiger partial charge in [0, 0.05) is 17.8 Å². The first kappa shape index (κ1) is 10.5. The molecule has 0 spiro atoms. The summed E-state index contributed by atoms with van der Waals surface area (Å²) in [5, 5.41) is 3.57. The van der Waals surface area contributed by atoms with Crippen LogP contribution in [0.5, 0.6) is 0 Å². The molecule has 15 heavy (non-hydrogen) atoms. The van der Waals surface area contributed by atoms with E-state index in [1.807, 2.05) is 0 Å². The van der Waals surface area contributed by atoms with Crippen molar-refractivity contribution in [3.05, 3.63) is 29.8 Å². The van der Waals surface area contributed by atoms with Crippen molar-refractivity contribution in [1.82, 2.24) is 0 Å². The lowest BCUT2D eigenvalue weighted by atomic mass is 9.95. The Bertz CT molecular complexity index is 327. The molecule has 1 aromatic carbocycles. The fraction of sp³-hybridized carbons (Fsp3) is 0.538. The van der Waals surface area contributed by atoms with E-state index in [0.29, 0.717) is 6.54 Å². The van der Waals surface area contributed by atoms with Crippen molar-refractivity contribution in [3.8, 4) is 0 Å². The van der Waals surface area contributed by atoms with E-state index in [-0.39, 0.29) is 5.54 Å². The molecule has 0 heterocycles. The number of hydrogen-bond donors (Lipinski definition) is 2. The van der Waals surface area contributed by atoms with Gasteiger partial charge in [0.05, 0.1) is 0 Å². The van der Waals surface area contributed by atoms with Gasteiger partial charge in [-0.25, -0.2) is 0 Å². The molecule has 0 aliphatic heterocycles. The summed E-state index contributed by atoms with van der Waals surface area (Å²) in [4.78, 5) is 0. The average molecular weight is 204 g/mol. The molecular formula is C13H20N2. The fourth-order valence-electron chi connectivity index (χ4n) is 2.01. The summed E-state index contributed by atoms with van der Waals surface area (Å²) in [7, 11) is 0. The monoisotopic (exact) mass is 204 g/mol. The van der Waals surface area contributed by atoms with Crippen molar-refractivity contribution in [2.24, 2.45) is 11.7 Å². The number of nitrogens with one attached hydrogen (secondary N) is 1. The van der Waals surface area contributed by atoms with E-state index in [0.717, 1.165) is 5.92 Å². The Hall–Kier alpha value is -1.02. The summed E-state index contributed by atoms with van der Waals surface area (Å²) >= 11 is 0. The maximum absolute atomic E-state index is 5.86. The average Bonchev–Trinajstić information content (AvgIpc) is 3.05. The highest BCUT2D eigenvalue weighted by Crippen LogP contribution is 2.40. The number of benzene rings is 1. The molecule has 82 valence electrons. The molecule has 0 aromatic heterocycles. The van der Waals surface area contributed by atoms with Gasteiger partial charge in [-0.1, -0.05) is 17.7 Å². The Balaban J connectivity index is 2.09. The number of rotatable bonds is 4. The van der Waals surface area contributed by atoms with Gasteiger partial charge in [-0.3, -0.25) is 0 Å². The molecule has 0 saturated heterocycles. The standard InChI is InChI=1S/C13H20N2/c1-10-3-7-12(8-4-10)15-13(2,9-14)11-5-6-11/h3-4,7-8,11,15H,5-6,9,14H2,1-2H3. The third-order valence-corrected chi connectivity index (χ3v) is 3.38. The van der Waals surface area contributed by atoms with Crippen molar-refractivity contribution < 1.29 is 0 Å². The second-order valence-corrected chi connectivity index (χ2v) is 4.89. The largest absolute Gasteiger partial charge is 0.378 e. The molecule has 1 unspecified atom stereocenters. The molecule has 1 saturated carbocycles. The van der Waals surface area contributed by atoms with Crippen LogP contribution in [0.2, 0.25) is 0 Å². The minimum absolute atomic E-state index is 0.0786. The summed E-state index contributed by atoms with van der Waals surface area (Å²) in [6.07, 6.45) is 2.62. The number of nitrogens with two attached hydrogens (primary N) is 1. The van der Waals surface area contributed by atoms with Gasteiger partial charge >= 0.3 is 0 Å². The minimum atomic E-state index is 0.0786. The van der Waals surface area contributed by atoms with Crippen LogP contribution in [0.15, 0.2) is 24.3 Å². The topological polar surface area (TPSA) is 38.0 Å². The third kappa shape index (κ3) is 2.32. The maximum atomic E-state index is 5.86. The summed E-state index contributed by atoms with van der Waals surface area (Å²) < 4.78 is 0. The van der Waals surface area contributed by atoms with Crippen molar-refractivity contribution in [2.75, 3.05) is 11.9 Å². The zero-order chi connectivity index (χ0) is 10.9. The highest BCUT2D eigenvalue weighted by molar-refractivity contribution is 5.47. The van der Waals surface area contributed by atoms with Crippen molar-refractivity contribution in [1.29, 1.82) is 0 Å². The fourth-order valence-corrected chi connectivity index (χ4v) is 2.01. The predicted octanol–water partition coefficient (Wildman–Crippen LogP) is 2.53. The van der Waals surface area contributed by atoms with E-state index in [2.05, 4.69) is 43.4 Å². The third-order valence-electron chi connectivity index (χ3n) is 3.38. The Morgan fingerprint density at radius 2 is 1.93 bits per heavy atom. The molecule has 2 rings (SSSR count). The van der Waals surface area contributed by atoms with E-state index < -0.39 is 0 Å². The molecule has 0 bridgehead atoms.